The third-order valence-electron chi connectivity index (χ3n) is 3.18. The number of anilines is 1. The lowest BCUT2D eigenvalue weighted by Crippen LogP contribution is -2.54. The fourth-order valence-electron chi connectivity index (χ4n) is 1.89. The lowest BCUT2D eigenvalue weighted by molar-refractivity contribution is -0.124. The van der Waals surface area contributed by atoms with Crippen molar-refractivity contribution in [3.8, 4) is 0 Å². The molecule has 0 aromatic carbocycles. The normalized spacial score (nSPS) is 18.3. The average Bonchev–Trinajstić information content (AvgIpc) is 2.35. The van der Waals surface area contributed by atoms with Crippen molar-refractivity contribution in [2.45, 2.75) is 18.4 Å². The molecule has 1 aromatic heterocycles. The molecule has 0 atom stereocenters. The second-order valence-corrected chi connectivity index (χ2v) is 4.59. The summed E-state index contributed by atoms with van der Waals surface area (Å²) in [5.41, 5.74) is 5.62. The summed E-state index contributed by atoms with van der Waals surface area (Å²) in [5, 5.41) is 2.74. The van der Waals surface area contributed by atoms with Gasteiger partial charge in [-0.1, -0.05) is 0 Å². The van der Waals surface area contributed by atoms with E-state index >= 15 is 0 Å². The fourth-order valence-corrected chi connectivity index (χ4v) is 1.89. The van der Waals surface area contributed by atoms with Crippen LogP contribution in [0.2, 0.25) is 0 Å². The fraction of sp³-hybridized carbons (Fsp3) is 0.500. The van der Waals surface area contributed by atoms with Crippen LogP contribution in [0.3, 0.4) is 0 Å². The van der Waals surface area contributed by atoms with Crippen LogP contribution >= 0.6 is 0 Å². The number of ether oxygens (including phenoxy) is 1. The summed E-state index contributed by atoms with van der Waals surface area (Å²) in [5.74, 6) is -0.232. The Labute approximate surface area is 105 Å². The minimum absolute atomic E-state index is 0.124. The molecule has 0 unspecified atom stereocenters. The Bertz CT molecular complexity index is 504. The van der Waals surface area contributed by atoms with Crippen LogP contribution in [0.25, 0.3) is 0 Å². The van der Waals surface area contributed by atoms with Gasteiger partial charge in [0.15, 0.2) is 0 Å². The standard InChI is InChI=1S/C12H17N3O3/c1-15-8-9(2-3-10(15)16)14-11(17)12(13)4-6-18-7-5-12/h2-3,8H,4-7,13H2,1H3,(H,14,17). The molecule has 1 saturated heterocycles. The maximum absolute atomic E-state index is 12.1. The van der Waals surface area contributed by atoms with Crippen molar-refractivity contribution in [1.29, 1.82) is 0 Å². The number of nitrogens with two attached hydrogens (primary N) is 1. The van der Waals surface area contributed by atoms with Gasteiger partial charge in [0.25, 0.3) is 0 Å². The largest absolute Gasteiger partial charge is 0.381 e. The number of aromatic nitrogens is 1. The molecular weight excluding hydrogens is 234 g/mol. The highest BCUT2D eigenvalue weighted by atomic mass is 16.5. The number of rotatable bonds is 2. The molecule has 0 saturated carbocycles. The van der Waals surface area contributed by atoms with Crippen molar-refractivity contribution in [1.82, 2.24) is 4.57 Å². The number of hydrogen-bond donors (Lipinski definition) is 2. The van der Waals surface area contributed by atoms with E-state index in [1.54, 1.807) is 19.3 Å². The zero-order valence-electron chi connectivity index (χ0n) is 10.3. The second kappa shape index (κ2) is 4.91. The molecule has 3 N–H and O–H groups in total. The molecule has 2 rings (SSSR count). The molecule has 0 aliphatic carbocycles. The monoisotopic (exact) mass is 251 g/mol. The van der Waals surface area contributed by atoms with Crippen LogP contribution in [0, 0.1) is 0 Å². The number of amides is 1. The van der Waals surface area contributed by atoms with Gasteiger partial charge in [0, 0.05) is 32.5 Å². The summed E-state index contributed by atoms with van der Waals surface area (Å²) in [6.45, 7) is 0.994. The number of pyridine rings is 1. The number of carbonyl (C=O) groups is 1. The van der Waals surface area contributed by atoms with Crippen LogP contribution in [0.1, 0.15) is 12.8 Å². The Hall–Kier alpha value is -1.66. The van der Waals surface area contributed by atoms with E-state index in [2.05, 4.69) is 5.32 Å². The summed E-state index contributed by atoms with van der Waals surface area (Å²) < 4.78 is 6.60. The molecule has 2 heterocycles. The number of nitrogens with one attached hydrogen (secondary N) is 1. The van der Waals surface area contributed by atoms with E-state index in [1.807, 2.05) is 0 Å². The number of nitrogens with zero attached hydrogens (tertiary/aromatic N) is 1. The van der Waals surface area contributed by atoms with Crippen molar-refractivity contribution >= 4 is 11.6 Å². The van der Waals surface area contributed by atoms with Crippen LogP contribution in [0.5, 0.6) is 0 Å². The van der Waals surface area contributed by atoms with Gasteiger partial charge < -0.3 is 20.4 Å². The quantitative estimate of drug-likeness (QED) is 0.764. The average molecular weight is 251 g/mol. The second-order valence-electron chi connectivity index (χ2n) is 4.59. The van der Waals surface area contributed by atoms with Crippen LogP contribution in [-0.2, 0) is 16.6 Å². The zero-order chi connectivity index (χ0) is 13.2. The molecule has 0 spiro atoms. The number of hydrogen-bond acceptors (Lipinski definition) is 4. The molecule has 1 aliphatic rings. The van der Waals surface area contributed by atoms with Gasteiger partial charge >= 0.3 is 0 Å². The SMILES string of the molecule is Cn1cc(NC(=O)C2(N)CCOCC2)ccc1=O. The number of aryl methyl sites for hydroxylation is 1. The van der Waals surface area contributed by atoms with Crippen molar-refractivity contribution in [2.75, 3.05) is 18.5 Å². The molecule has 0 radical (unpaired) electrons. The van der Waals surface area contributed by atoms with Gasteiger partial charge in [-0.15, -0.1) is 0 Å². The van der Waals surface area contributed by atoms with Crippen LogP contribution in [0.15, 0.2) is 23.1 Å². The summed E-state index contributed by atoms with van der Waals surface area (Å²) in [4.78, 5) is 23.3. The first kappa shape index (κ1) is 12.8. The lowest BCUT2D eigenvalue weighted by Gasteiger charge is -2.31. The molecule has 6 heteroatoms. The molecule has 0 bridgehead atoms. The summed E-state index contributed by atoms with van der Waals surface area (Å²) >= 11 is 0. The Kier molecular flexibility index (Phi) is 3.49. The Morgan fingerprint density at radius 1 is 1.44 bits per heavy atom. The summed E-state index contributed by atoms with van der Waals surface area (Å²) in [6.07, 6.45) is 2.58. The van der Waals surface area contributed by atoms with E-state index in [4.69, 9.17) is 10.5 Å². The van der Waals surface area contributed by atoms with Gasteiger partial charge in [0.2, 0.25) is 11.5 Å². The van der Waals surface area contributed by atoms with E-state index in [0.717, 1.165) is 0 Å². The third-order valence-corrected chi connectivity index (χ3v) is 3.18. The minimum Gasteiger partial charge on any atom is -0.381 e. The highest BCUT2D eigenvalue weighted by Crippen LogP contribution is 2.19. The van der Waals surface area contributed by atoms with Crippen molar-refractivity contribution in [3.63, 3.8) is 0 Å². The van der Waals surface area contributed by atoms with E-state index in [1.165, 1.54) is 10.6 Å². The first-order valence-corrected chi connectivity index (χ1v) is 5.86. The van der Waals surface area contributed by atoms with Gasteiger partial charge in [-0.2, -0.15) is 0 Å². The molecule has 1 amide bonds. The van der Waals surface area contributed by atoms with E-state index in [-0.39, 0.29) is 11.5 Å². The maximum Gasteiger partial charge on any atom is 0.250 e. The minimum atomic E-state index is -0.882. The van der Waals surface area contributed by atoms with Crippen molar-refractivity contribution < 1.29 is 9.53 Å². The van der Waals surface area contributed by atoms with Crippen LogP contribution in [0.4, 0.5) is 5.69 Å². The summed E-state index contributed by atoms with van der Waals surface area (Å²) in [6, 6.07) is 2.98. The zero-order valence-corrected chi connectivity index (χ0v) is 10.3. The molecule has 1 fully saturated rings. The Morgan fingerprint density at radius 2 is 2.11 bits per heavy atom. The van der Waals surface area contributed by atoms with Crippen LogP contribution < -0.4 is 16.6 Å². The highest BCUT2D eigenvalue weighted by Gasteiger charge is 2.35. The Balaban J connectivity index is 2.10. The molecule has 1 aliphatic heterocycles. The highest BCUT2D eigenvalue weighted by molar-refractivity contribution is 5.97. The van der Waals surface area contributed by atoms with Gasteiger partial charge in [0.05, 0.1) is 5.69 Å². The third kappa shape index (κ3) is 2.60. The summed E-state index contributed by atoms with van der Waals surface area (Å²) in [7, 11) is 1.63. The van der Waals surface area contributed by atoms with Gasteiger partial charge in [-0.3, -0.25) is 9.59 Å². The molecule has 98 valence electrons. The molecule has 18 heavy (non-hydrogen) atoms. The Morgan fingerprint density at radius 3 is 2.72 bits per heavy atom. The maximum atomic E-state index is 12.1. The van der Waals surface area contributed by atoms with Gasteiger partial charge in [-0.05, 0) is 18.9 Å². The van der Waals surface area contributed by atoms with E-state index in [0.29, 0.717) is 31.7 Å². The van der Waals surface area contributed by atoms with Gasteiger partial charge in [0.1, 0.15) is 5.54 Å². The molecule has 6 nitrogen and oxygen atoms in total. The first-order chi connectivity index (χ1) is 8.51. The van der Waals surface area contributed by atoms with E-state index in [9.17, 15) is 9.59 Å². The smallest absolute Gasteiger partial charge is 0.250 e. The first-order valence-electron chi connectivity index (χ1n) is 5.86. The van der Waals surface area contributed by atoms with Gasteiger partial charge in [-0.25, -0.2) is 0 Å². The molecule has 1 aromatic rings. The van der Waals surface area contributed by atoms with Crippen LogP contribution in [-0.4, -0.2) is 29.2 Å². The topological polar surface area (TPSA) is 86.3 Å². The predicted octanol–water partition coefficient (Wildman–Crippen LogP) is -0.168. The van der Waals surface area contributed by atoms with Crippen molar-refractivity contribution in [3.05, 3.63) is 28.7 Å². The predicted molar refractivity (Wildman–Crippen MR) is 67.3 cm³/mol. The van der Waals surface area contributed by atoms with E-state index < -0.39 is 5.54 Å². The lowest BCUT2D eigenvalue weighted by atomic mass is 9.90. The van der Waals surface area contributed by atoms with Crippen molar-refractivity contribution in [2.24, 2.45) is 12.8 Å². The molecular formula is C12H17N3O3. The number of carbonyl (C=O) groups excluding carboxylic acids is 1.